The van der Waals surface area contributed by atoms with Crippen molar-refractivity contribution in [3.8, 4) is 11.8 Å². The molecule has 0 radical (unpaired) electrons. The minimum absolute atomic E-state index is 0.341. The van der Waals surface area contributed by atoms with Crippen LogP contribution in [0.1, 0.15) is 5.69 Å². The van der Waals surface area contributed by atoms with Crippen molar-refractivity contribution in [2.75, 3.05) is 5.73 Å². The van der Waals surface area contributed by atoms with Crippen LogP contribution < -0.4 is 10.5 Å². The highest BCUT2D eigenvalue weighted by Crippen LogP contribution is 2.23. The Hall–Kier alpha value is -2.11. The second kappa shape index (κ2) is 3.56. The number of hydrogen-bond acceptors (Lipinski definition) is 5. The van der Waals surface area contributed by atoms with Gasteiger partial charge in [0.05, 0.1) is 11.9 Å². The van der Waals surface area contributed by atoms with Crippen LogP contribution in [0.25, 0.3) is 0 Å². The Morgan fingerprint density at radius 2 is 2.27 bits per heavy atom. The molecule has 2 rings (SSSR count). The van der Waals surface area contributed by atoms with Gasteiger partial charge in [0, 0.05) is 13.1 Å². The smallest absolute Gasteiger partial charge is 0.247 e. The molecule has 0 saturated heterocycles. The number of nitrogen functional groups attached to an aromatic ring is 1. The molecule has 0 saturated carbocycles. The summed E-state index contributed by atoms with van der Waals surface area (Å²) in [6, 6.07) is 1.81. The van der Waals surface area contributed by atoms with Gasteiger partial charge in [-0.3, -0.25) is 0 Å². The number of aromatic nitrogens is 4. The Morgan fingerprint density at radius 3 is 2.87 bits per heavy atom. The lowest BCUT2D eigenvalue weighted by Crippen LogP contribution is -1.99. The zero-order chi connectivity index (χ0) is 10.8. The van der Waals surface area contributed by atoms with E-state index in [2.05, 4.69) is 15.1 Å². The fourth-order valence-corrected chi connectivity index (χ4v) is 1.20. The third kappa shape index (κ3) is 1.88. The first-order valence-corrected chi connectivity index (χ1v) is 4.41. The second-order valence-electron chi connectivity index (χ2n) is 3.13. The Bertz CT molecular complexity index is 479. The highest BCUT2D eigenvalue weighted by atomic mass is 16.5. The van der Waals surface area contributed by atoms with Crippen molar-refractivity contribution in [3.05, 3.63) is 24.3 Å². The molecule has 0 unspecified atom stereocenters. The van der Waals surface area contributed by atoms with E-state index in [1.807, 2.05) is 13.0 Å². The van der Waals surface area contributed by atoms with E-state index in [-0.39, 0.29) is 0 Å². The summed E-state index contributed by atoms with van der Waals surface area (Å²) >= 11 is 0. The SMILES string of the molecule is Cc1cc(Oc2ncncc2N)n(C)n1. The molecule has 2 aromatic rings. The molecule has 2 N–H and O–H groups in total. The molecule has 6 heteroatoms. The van der Waals surface area contributed by atoms with E-state index in [4.69, 9.17) is 10.5 Å². The van der Waals surface area contributed by atoms with Crippen LogP contribution in [-0.2, 0) is 7.05 Å². The zero-order valence-electron chi connectivity index (χ0n) is 8.51. The summed E-state index contributed by atoms with van der Waals surface area (Å²) < 4.78 is 7.11. The monoisotopic (exact) mass is 205 g/mol. The molecular formula is C9H11N5O. The van der Waals surface area contributed by atoms with Crippen LogP contribution in [0.2, 0.25) is 0 Å². The van der Waals surface area contributed by atoms with E-state index in [0.717, 1.165) is 5.69 Å². The van der Waals surface area contributed by atoms with E-state index >= 15 is 0 Å². The van der Waals surface area contributed by atoms with Crippen molar-refractivity contribution in [1.29, 1.82) is 0 Å². The van der Waals surface area contributed by atoms with E-state index in [1.54, 1.807) is 11.7 Å². The van der Waals surface area contributed by atoms with Gasteiger partial charge in [0.25, 0.3) is 0 Å². The molecule has 0 amide bonds. The van der Waals surface area contributed by atoms with Crippen molar-refractivity contribution >= 4 is 5.69 Å². The average Bonchev–Trinajstić information content (AvgIpc) is 2.49. The summed E-state index contributed by atoms with van der Waals surface area (Å²) in [5.41, 5.74) is 6.92. The molecule has 0 fully saturated rings. The molecule has 0 aliphatic heterocycles. The summed E-state index contributed by atoms with van der Waals surface area (Å²) in [5, 5.41) is 4.14. The first kappa shape index (κ1) is 9.45. The number of ether oxygens (including phenoxy) is 1. The zero-order valence-corrected chi connectivity index (χ0v) is 8.51. The lowest BCUT2D eigenvalue weighted by Gasteiger charge is -2.05. The number of rotatable bonds is 2. The van der Waals surface area contributed by atoms with Crippen molar-refractivity contribution < 1.29 is 4.74 Å². The van der Waals surface area contributed by atoms with Gasteiger partial charge in [0.2, 0.25) is 11.8 Å². The summed E-state index contributed by atoms with van der Waals surface area (Å²) in [6.07, 6.45) is 2.88. The Kier molecular flexibility index (Phi) is 2.24. The van der Waals surface area contributed by atoms with Crippen LogP contribution in [0.15, 0.2) is 18.6 Å². The molecule has 0 aliphatic carbocycles. The molecule has 15 heavy (non-hydrogen) atoms. The van der Waals surface area contributed by atoms with Crippen LogP contribution in [0.4, 0.5) is 5.69 Å². The van der Waals surface area contributed by atoms with E-state index in [1.165, 1.54) is 12.5 Å². The van der Waals surface area contributed by atoms with Crippen LogP contribution in [0.5, 0.6) is 11.8 Å². The highest BCUT2D eigenvalue weighted by molar-refractivity contribution is 5.46. The van der Waals surface area contributed by atoms with Gasteiger partial charge in [-0.1, -0.05) is 0 Å². The number of hydrogen-bond donors (Lipinski definition) is 1. The third-order valence-corrected chi connectivity index (χ3v) is 1.86. The number of nitrogens with two attached hydrogens (primary N) is 1. The van der Waals surface area contributed by atoms with Crippen LogP contribution in [-0.4, -0.2) is 19.7 Å². The fraction of sp³-hybridized carbons (Fsp3) is 0.222. The Balaban J connectivity index is 2.29. The van der Waals surface area contributed by atoms with Gasteiger partial charge in [-0.2, -0.15) is 10.1 Å². The standard InChI is InChI=1S/C9H11N5O/c1-6-3-8(14(2)13-6)15-9-7(10)4-11-5-12-9/h3-5H,10H2,1-2H3. The largest absolute Gasteiger partial charge is 0.419 e. The van der Waals surface area contributed by atoms with Gasteiger partial charge in [-0.05, 0) is 6.92 Å². The summed E-state index contributed by atoms with van der Waals surface area (Å²) in [7, 11) is 1.79. The van der Waals surface area contributed by atoms with Crippen LogP contribution in [0, 0.1) is 6.92 Å². The average molecular weight is 205 g/mol. The van der Waals surface area contributed by atoms with Gasteiger partial charge >= 0.3 is 0 Å². The van der Waals surface area contributed by atoms with E-state index in [0.29, 0.717) is 17.4 Å². The molecule has 0 aromatic carbocycles. The van der Waals surface area contributed by atoms with Crippen molar-refractivity contribution in [3.63, 3.8) is 0 Å². The fourth-order valence-electron chi connectivity index (χ4n) is 1.20. The Labute approximate surface area is 86.7 Å². The molecule has 0 spiro atoms. The van der Waals surface area contributed by atoms with Gasteiger partial charge < -0.3 is 10.5 Å². The predicted molar refractivity (Wildman–Crippen MR) is 54.5 cm³/mol. The molecule has 6 nitrogen and oxygen atoms in total. The maximum absolute atomic E-state index is 5.65. The molecular weight excluding hydrogens is 194 g/mol. The third-order valence-electron chi connectivity index (χ3n) is 1.86. The normalized spacial score (nSPS) is 10.3. The van der Waals surface area contributed by atoms with E-state index < -0.39 is 0 Å². The summed E-state index contributed by atoms with van der Waals surface area (Å²) in [4.78, 5) is 7.70. The summed E-state index contributed by atoms with van der Waals surface area (Å²) in [6.45, 7) is 1.89. The van der Waals surface area contributed by atoms with Gasteiger partial charge in [0.1, 0.15) is 12.0 Å². The van der Waals surface area contributed by atoms with Crippen molar-refractivity contribution in [2.45, 2.75) is 6.92 Å². The predicted octanol–water partition coefficient (Wildman–Crippen LogP) is 0.893. The minimum Gasteiger partial charge on any atom is -0.419 e. The maximum atomic E-state index is 5.65. The highest BCUT2D eigenvalue weighted by Gasteiger charge is 2.07. The van der Waals surface area contributed by atoms with Gasteiger partial charge in [0.15, 0.2) is 0 Å². The summed E-state index contributed by atoms with van der Waals surface area (Å²) in [5.74, 6) is 0.936. The minimum atomic E-state index is 0.341. The Morgan fingerprint density at radius 1 is 1.47 bits per heavy atom. The number of aryl methyl sites for hydroxylation is 2. The van der Waals surface area contributed by atoms with Crippen LogP contribution in [0.3, 0.4) is 0 Å². The number of anilines is 1. The first-order chi connectivity index (χ1) is 7.16. The molecule has 2 heterocycles. The lowest BCUT2D eigenvalue weighted by molar-refractivity contribution is 0.416. The molecule has 2 aromatic heterocycles. The quantitative estimate of drug-likeness (QED) is 0.787. The second-order valence-corrected chi connectivity index (χ2v) is 3.13. The van der Waals surface area contributed by atoms with Crippen molar-refractivity contribution in [2.24, 2.45) is 7.05 Å². The first-order valence-electron chi connectivity index (χ1n) is 4.41. The lowest BCUT2D eigenvalue weighted by atomic mass is 10.5. The van der Waals surface area contributed by atoms with Gasteiger partial charge in [-0.25, -0.2) is 9.67 Å². The number of nitrogens with zero attached hydrogens (tertiary/aromatic N) is 4. The van der Waals surface area contributed by atoms with Crippen LogP contribution >= 0.6 is 0 Å². The molecule has 0 bridgehead atoms. The van der Waals surface area contributed by atoms with Crippen molar-refractivity contribution in [1.82, 2.24) is 19.7 Å². The topological polar surface area (TPSA) is 78.9 Å². The van der Waals surface area contributed by atoms with E-state index in [9.17, 15) is 0 Å². The maximum Gasteiger partial charge on any atom is 0.247 e. The molecule has 0 aliphatic rings. The molecule has 78 valence electrons. The molecule has 0 atom stereocenters. The van der Waals surface area contributed by atoms with Gasteiger partial charge in [-0.15, -0.1) is 0 Å².